The van der Waals surface area contributed by atoms with E-state index in [0.29, 0.717) is 48.4 Å². The third-order valence-corrected chi connectivity index (χ3v) is 9.04. The highest BCUT2D eigenvalue weighted by Gasteiger charge is 2.28. The van der Waals surface area contributed by atoms with E-state index in [9.17, 15) is 13.2 Å². The standard InChI is InChI=1S/C21H23ClN4O3S2/c1-15-4-5-17(14-16(15)2)26-20(27)8-7-19(23-26)24-10-3-11-25(13-12-24)31(28,29)21-9-6-18(22)30-21/h4-9,14H,3,10-13H2,1-2H3. The predicted octanol–water partition coefficient (Wildman–Crippen LogP) is 3.47. The summed E-state index contributed by atoms with van der Waals surface area (Å²) in [6, 6.07) is 12.1. The Morgan fingerprint density at radius 3 is 2.48 bits per heavy atom. The number of sulfonamides is 1. The van der Waals surface area contributed by atoms with Crippen molar-refractivity contribution in [1.82, 2.24) is 14.1 Å². The summed E-state index contributed by atoms with van der Waals surface area (Å²) < 4.78 is 29.5. The zero-order valence-corrected chi connectivity index (χ0v) is 19.7. The Hall–Kier alpha value is -2.20. The van der Waals surface area contributed by atoms with Crippen molar-refractivity contribution in [3.63, 3.8) is 0 Å². The monoisotopic (exact) mass is 478 g/mol. The van der Waals surface area contributed by atoms with Gasteiger partial charge >= 0.3 is 0 Å². The molecule has 0 spiro atoms. The minimum Gasteiger partial charge on any atom is -0.354 e. The summed E-state index contributed by atoms with van der Waals surface area (Å²) in [5, 5.41) is 4.57. The molecule has 0 atom stereocenters. The lowest BCUT2D eigenvalue weighted by atomic mass is 10.1. The van der Waals surface area contributed by atoms with Crippen LogP contribution in [0.4, 0.5) is 5.82 Å². The Kier molecular flexibility index (Phi) is 6.20. The van der Waals surface area contributed by atoms with Gasteiger partial charge in [0.2, 0.25) is 0 Å². The Balaban J connectivity index is 1.57. The maximum Gasteiger partial charge on any atom is 0.271 e. The predicted molar refractivity (Wildman–Crippen MR) is 124 cm³/mol. The molecule has 0 amide bonds. The van der Waals surface area contributed by atoms with E-state index in [4.69, 9.17) is 11.6 Å². The van der Waals surface area contributed by atoms with Crippen molar-refractivity contribution in [2.24, 2.45) is 0 Å². The van der Waals surface area contributed by atoms with Crippen LogP contribution in [0.3, 0.4) is 0 Å². The van der Waals surface area contributed by atoms with Gasteiger partial charge in [0, 0.05) is 32.2 Å². The number of anilines is 1. The molecule has 0 aliphatic carbocycles. The SMILES string of the molecule is Cc1ccc(-n2nc(N3CCCN(S(=O)(=O)c4ccc(Cl)s4)CC3)ccc2=O)cc1C. The molecule has 3 aromatic rings. The number of benzene rings is 1. The van der Waals surface area contributed by atoms with Crippen molar-refractivity contribution < 1.29 is 8.42 Å². The fourth-order valence-electron chi connectivity index (χ4n) is 3.54. The van der Waals surface area contributed by atoms with Gasteiger partial charge in [-0.3, -0.25) is 4.79 Å². The average Bonchev–Trinajstić information content (AvgIpc) is 3.03. The highest BCUT2D eigenvalue weighted by Crippen LogP contribution is 2.29. The Bertz CT molecular complexity index is 1270. The summed E-state index contributed by atoms with van der Waals surface area (Å²) in [6.07, 6.45) is 0.656. The molecular weight excluding hydrogens is 456 g/mol. The molecule has 7 nitrogen and oxygen atoms in total. The van der Waals surface area contributed by atoms with Crippen LogP contribution >= 0.6 is 22.9 Å². The average molecular weight is 479 g/mol. The van der Waals surface area contributed by atoms with Gasteiger partial charge in [-0.15, -0.1) is 16.4 Å². The molecule has 0 saturated carbocycles. The van der Waals surface area contributed by atoms with Crippen LogP contribution in [0.25, 0.3) is 5.69 Å². The number of halogens is 1. The van der Waals surface area contributed by atoms with Crippen LogP contribution in [0.5, 0.6) is 0 Å². The number of aryl methyl sites for hydroxylation is 2. The fourth-order valence-corrected chi connectivity index (χ4v) is 6.65. The van der Waals surface area contributed by atoms with Crippen molar-refractivity contribution in [2.75, 3.05) is 31.1 Å². The first-order valence-corrected chi connectivity index (χ1v) is 12.6. The first-order chi connectivity index (χ1) is 14.8. The molecule has 0 bridgehead atoms. The van der Waals surface area contributed by atoms with E-state index in [1.165, 1.54) is 15.1 Å². The van der Waals surface area contributed by atoms with Crippen molar-refractivity contribution in [1.29, 1.82) is 0 Å². The van der Waals surface area contributed by atoms with Gasteiger partial charge in [0.1, 0.15) is 10.0 Å². The van der Waals surface area contributed by atoms with Gasteiger partial charge in [-0.2, -0.15) is 8.99 Å². The molecule has 164 valence electrons. The summed E-state index contributed by atoms with van der Waals surface area (Å²) in [7, 11) is -3.57. The number of thiophene rings is 1. The van der Waals surface area contributed by atoms with Gasteiger partial charge in [-0.1, -0.05) is 17.7 Å². The molecule has 10 heteroatoms. The molecule has 0 radical (unpaired) electrons. The molecule has 1 fully saturated rings. The van der Waals surface area contributed by atoms with Crippen molar-refractivity contribution >= 4 is 38.8 Å². The Morgan fingerprint density at radius 1 is 0.968 bits per heavy atom. The number of hydrogen-bond acceptors (Lipinski definition) is 6. The first-order valence-electron chi connectivity index (χ1n) is 9.94. The second kappa shape index (κ2) is 8.74. The highest BCUT2D eigenvalue weighted by atomic mass is 35.5. The Morgan fingerprint density at radius 2 is 1.77 bits per heavy atom. The minimum atomic E-state index is -3.57. The van der Waals surface area contributed by atoms with Gasteiger partial charge in [0.05, 0.1) is 10.0 Å². The largest absolute Gasteiger partial charge is 0.354 e. The van der Waals surface area contributed by atoms with Crippen LogP contribution in [0.1, 0.15) is 17.5 Å². The molecule has 31 heavy (non-hydrogen) atoms. The summed E-state index contributed by atoms with van der Waals surface area (Å²) >= 11 is 7.00. The second-order valence-corrected chi connectivity index (χ2v) is 11.4. The number of nitrogens with zero attached hydrogens (tertiary/aromatic N) is 4. The number of hydrogen-bond donors (Lipinski definition) is 0. The van der Waals surface area contributed by atoms with Crippen LogP contribution < -0.4 is 10.5 Å². The van der Waals surface area contributed by atoms with Crippen LogP contribution in [-0.2, 0) is 10.0 Å². The molecule has 1 aromatic carbocycles. The quantitative estimate of drug-likeness (QED) is 0.574. The van der Waals surface area contributed by atoms with E-state index in [2.05, 4.69) is 5.10 Å². The lowest BCUT2D eigenvalue weighted by molar-refractivity contribution is 0.434. The summed E-state index contributed by atoms with van der Waals surface area (Å²) in [4.78, 5) is 14.5. The lowest BCUT2D eigenvalue weighted by Gasteiger charge is -2.22. The minimum absolute atomic E-state index is 0.208. The van der Waals surface area contributed by atoms with Crippen LogP contribution in [0.2, 0.25) is 4.34 Å². The van der Waals surface area contributed by atoms with E-state index in [1.54, 1.807) is 18.2 Å². The zero-order chi connectivity index (χ0) is 22.2. The molecular formula is C21H23ClN4O3S2. The molecule has 1 aliphatic rings. The third-order valence-electron chi connectivity index (χ3n) is 5.44. The lowest BCUT2D eigenvalue weighted by Crippen LogP contribution is -2.35. The smallest absolute Gasteiger partial charge is 0.271 e. The zero-order valence-electron chi connectivity index (χ0n) is 17.3. The van der Waals surface area contributed by atoms with Crippen LogP contribution in [0.15, 0.2) is 51.5 Å². The summed E-state index contributed by atoms with van der Waals surface area (Å²) in [5.41, 5.74) is 2.74. The molecule has 3 heterocycles. The topological polar surface area (TPSA) is 75.5 Å². The van der Waals surface area contributed by atoms with E-state index >= 15 is 0 Å². The van der Waals surface area contributed by atoms with Gasteiger partial charge in [-0.25, -0.2) is 8.42 Å². The van der Waals surface area contributed by atoms with Gasteiger partial charge < -0.3 is 4.90 Å². The van der Waals surface area contributed by atoms with Crippen molar-refractivity contribution in [3.05, 3.63) is 68.3 Å². The summed E-state index contributed by atoms with van der Waals surface area (Å²) in [6.45, 7) is 5.91. The molecule has 4 rings (SSSR count). The van der Waals surface area contributed by atoms with Gasteiger partial charge in [0.15, 0.2) is 0 Å². The molecule has 1 saturated heterocycles. The van der Waals surface area contributed by atoms with E-state index in [-0.39, 0.29) is 9.77 Å². The van der Waals surface area contributed by atoms with Gasteiger partial charge in [0.25, 0.3) is 15.6 Å². The molecule has 0 unspecified atom stereocenters. The second-order valence-electron chi connectivity index (χ2n) is 7.51. The van der Waals surface area contributed by atoms with E-state index in [0.717, 1.165) is 22.5 Å². The maximum absolute atomic E-state index is 12.9. The fraction of sp³-hybridized carbons (Fsp3) is 0.333. The molecule has 2 aromatic heterocycles. The normalized spacial score (nSPS) is 15.8. The van der Waals surface area contributed by atoms with Gasteiger partial charge in [-0.05, 0) is 61.7 Å². The Labute approximate surface area is 190 Å². The first kappa shape index (κ1) is 22.0. The van der Waals surface area contributed by atoms with E-state index in [1.807, 2.05) is 36.9 Å². The molecule has 1 aliphatic heterocycles. The third kappa shape index (κ3) is 4.55. The number of rotatable bonds is 4. The van der Waals surface area contributed by atoms with Crippen LogP contribution in [-0.4, -0.2) is 48.7 Å². The maximum atomic E-state index is 12.9. The van der Waals surface area contributed by atoms with Crippen molar-refractivity contribution in [2.45, 2.75) is 24.5 Å². The van der Waals surface area contributed by atoms with Crippen LogP contribution in [0, 0.1) is 13.8 Å². The highest BCUT2D eigenvalue weighted by molar-refractivity contribution is 7.91. The number of aromatic nitrogens is 2. The van der Waals surface area contributed by atoms with Crippen molar-refractivity contribution in [3.8, 4) is 5.69 Å². The molecule has 0 N–H and O–H groups in total. The van der Waals surface area contributed by atoms with E-state index < -0.39 is 10.0 Å². The summed E-state index contributed by atoms with van der Waals surface area (Å²) in [5.74, 6) is 0.649.